The highest BCUT2D eigenvalue weighted by atomic mass is 15.1. The predicted octanol–water partition coefficient (Wildman–Crippen LogP) is 3.57. The normalized spacial score (nSPS) is 12.2. The van der Waals surface area contributed by atoms with E-state index in [1.165, 1.54) is 11.1 Å². The third kappa shape index (κ3) is 2.86. The quantitative estimate of drug-likeness (QED) is 0.892. The van der Waals surface area contributed by atoms with E-state index in [1.807, 2.05) is 20.0 Å². The molecule has 0 aliphatic heterocycles. The summed E-state index contributed by atoms with van der Waals surface area (Å²) in [5.74, 6) is 0.686. The summed E-state index contributed by atoms with van der Waals surface area (Å²) in [7, 11) is 0. The molecule has 0 saturated carbocycles. The first kappa shape index (κ1) is 12.6. The summed E-state index contributed by atoms with van der Waals surface area (Å²) in [6, 6.07) is 8.71. The first-order chi connectivity index (χ1) is 8.56. The number of rotatable bonds is 3. The molecule has 1 aromatic heterocycles. The lowest BCUT2D eigenvalue weighted by Crippen LogP contribution is -2.10. The lowest BCUT2D eigenvalue weighted by molar-refractivity contribution is 0.854. The highest BCUT2D eigenvalue weighted by molar-refractivity contribution is 5.34. The second-order valence-electron chi connectivity index (χ2n) is 4.74. The summed E-state index contributed by atoms with van der Waals surface area (Å²) in [4.78, 5) is 8.73. The van der Waals surface area contributed by atoms with Crippen molar-refractivity contribution in [1.82, 2.24) is 9.97 Å². The average molecular weight is 241 g/mol. The highest BCUT2D eigenvalue weighted by Crippen LogP contribution is 2.17. The van der Waals surface area contributed by atoms with E-state index in [9.17, 15) is 0 Å². The molecular formula is C15H19N3. The third-order valence-electron chi connectivity index (χ3n) is 3.15. The van der Waals surface area contributed by atoms with Gasteiger partial charge in [-0.05, 0) is 38.8 Å². The van der Waals surface area contributed by atoms with E-state index < -0.39 is 0 Å². The Labute approximate surface area is 108 Å². The van der Waals surface area contributed by atoms with Gasteiger partial charge in [-0.25, -0.2) is 9.97 Å². The molecular weight excluding hydrogens is 222 g/mol. The van der Waals surface area contributed by atoms with Gasteiger partial charge in [0.1, 0.15) is 0 Å². The molecule has 0 bridgehead atoms. The zero-order valence-electron chi connectivity index (χ0n) is 11.4. The second-order valence-corrected chi connectivity index (χ2v) is 4.74. The Bertz CT molecular complexity index is 532. The van der Waals surface area contributed by atoms with E-state index in [0.29, 0.717) is 5.95 Å². The summed E-state index contributed by atoms with van der Waals surface area (Å²) in [6.45, 7) is 8.22. The Morgan fingerprint density at radius 1 is 1.06 bits per heavy atom. The van der Waals surface area contributed by atoms with Gasteiger partial charge in [0.25, 0.3) is 0 Å². The smallest absolute Gasteiger partial charge is 0.223 e. The number of aromatic nitrogens is 2. The van der Waals surface area contributed by atoms with E-state index in [0.717, 1.165) is 11.3 Å². The molecule has 0 aliphatic rings. The summed E-state index contributed by atoms with van der Waals surface area (Å²) < 4.78 is 0. The summed E-state index contributed by atoms with van der Waals surface area (Å²) in [6.07, 6.45) is 1.85. The van der Waals surface area contributed by atoms with Gasteiger partial charge in [0, 0.05) is 11.9 Å². The van der Waals surface area contributed by atoms with Crippen LogP contribution in [0.4, 0.5) is 5.95 Å². The van der Waals surface area contributed by atoms with Gasteiger partial charge >= 0.3 is 0 Å². The highest BCUT2D eigenvalue weighted by Gasteiger charge is 2.07. The van der Waals surface area contributed by atoms with Gasteiger partial charge in [0.05, 0.1) is 6.04 Å². The fourth-order valence-electron chi connectivity index (χ4n) is 1.73. The maximum Gasteiger partial charge on any atom is 0.223 e. The van der Waals surface area contributed by atoms with Crippen LogP contribution in [0.15, 0.2) is 30.5 Å². The molecule has 0 saturated heterocycles. The molecule has 2 aromatic rings. The van der Waals surface area contributed by atoms with Crippen molar-refractivity contribution in [2.75, 3.05) is 5.32 Å². The first-order valence-electron chi connectivity index (χ1n) is 6.19. The van der Waals surface area contributed by atoms with Crippen LogP contribution in [0.1, 0.15) is 35.3 Å². The molecule has 94 valence electrons. The van der Waals surface area contributed by atoms with Crippen LogP contribution in [-0.4, -0.2) is 9.97 Å². The Kier molecular flexibility index (Phi) is 3.60. The first-order valence-corrected chi connectivity index (χ1v) is 6.19. The molecule has 0 amide bonds. The van der Waals surface area contributed by atoms with Crippen LogP contribution in [0.2, 0.25) is 0 Å². The molecule has 1 N–H and O–H groups in total. The standard InChI is InChI=1S/C15H19N3/c1-10-5-7-14(8-6-10)13(4)18-15-16-9-11(2)12(3)17-15/h5-9,13H,1-4H3,(H,16,17,18). The van der Waals surface area contributed by atoms with Crippen molar-refractivity contribution < 1.29 is 0 Å². The molecule has 1 aromatic carbocycles. The molecule has 3 heteroatoms. The van der Waals surface area contributed by atoms with Crippen LogP contribution in [0.25, 0.3) is 0 Å². The van der Waals surface area contributed by atoms with Gasteiger partial charge in [-0.15, -0.1) is 0 Å². The minimum atomic E-state index is 0.202. The molecule has 0 radical (unpaired) electrons. The molecule has 1 atom stereocenters. The van der Waals surface area contributed by atoms with Gasteiger partial charge in [-0.3, -0.25) is 0 Å². The van der Waals surface area contributed by atoms with E-state index >= 15 is 0 Å². The fraction of sp³-hybridized carbons (Fsp3) is 0.333. The van der Waals surface area contributed by atoms with Gasteiger partial charge in [-0.1, -0.05) is 29.8 Å². The Hall–Kier alpha value is -1.90. The van der Waals surface area contributed by atoms with Gasteiger partial charge in [0.2, 0.25) is 5.95 Å². The van der Waals surface area contributed by atoms with E-state index in [4.69, 9.17) is 0 Å². The summed E-state index contributed by atoms with van der Waals surface area (Å²) >= 11 is 0. The number of aryl methyl sites for hydroxylation is 3. The van der Waals surface area contributed by atoms with Crippen molar-refractivity contribution in [1.29, 1.82) is 0 Å². The summed E-state index contributed by atoms with van der Waals surface area (Å²) in [5.41, 5.74) is 4.64. The summed E-state index contributed by atoms with van der Waals surface area (Å²) in [5, 5.41) is 3.32. The molecule has 2 rings (SSSR count). The molecule has 18 heavy (non-hydrogen) atoms. The number of hydrogen-bond acceptors (Lipinski definition) is 3. The van der Waals surface area contributed by atoms with Crippen LogP contribution in [-0.2, 0) is 0 Å². The van der Waals surface area contributed by atoms with E-state index in [1.54, 1.807) is 0 Å². The van der Waals surface area contributed by atoms with Crippen molar-refractivity contribution in [2.45, 2.75) is 33.7 Å². The zero-order chi connectivity index (χ0) is 13.1. The number of benzene rings is 1. The minimum absolute atomic E-state index is 0.202. The lowest BCUT2D eigenvalue weighted by Gasteiger charge is -2.15. The lowest BCUT2D eigenvalue weighted by atomic mass is 10.1. The number of nitrogens with zero attached hydrogens (tertiary/aromatic N) is 2. The molecule has 0 fully saturated rings. The third-order valence-corrected chi connectivity index (χ3v) is 3.15. The van der Waals surface area contributed by atoms with Crippen LogP contribution >= 0.6 is 0 Å². The van der Waals surface area contributed by atoms with Gasteiger partial charge in [-0.2, -0.15) is 0 Å². The maximum atomic E-state index is 4.43. The Balaban J connectivity index is 2.13. The molecule has 3 nitrogen and oxygen atoms in total. The number of hydrogen-bond donors (Lipinski definition) is 1. The SMILES string of the molecule is Cc1ccc(C(C)Nc2ncc(C)c(C)n2)cc1. The van der Waals surface area contributed by atoms with Crippen LogP contribution < -0.4 is 5.32 Å². The molecule has 1 unspecified atom stereocenters. The van der Waals surface area contributed by atoms with E-state index in [-0.39, 0.29) is 6.04 Å². The van der Waals surface area contributed by atoms with Crippen molar-refractivity contribution >= 4 is 5.95 Å². The van der Waals surface area contributed by atoms with Crippen LogP contribution in [0.3, 0.4) is 0 Å². The van der Waals surface area contributed by atoms with Crippen molar-refractivity contribution in [3.8, 4) is 0 Å². The molecule has 0 spiro atoms. The second kappa shape index (κ2) is 5.17. The molecule has 1 heterocycles. The van der Waals surface area contributed by atoms with Crippen molar-refractivity contribution in [3.05, 3.63) is 52.8 Å². The van der Waals surface area contributed by atoms with Gasteiger partial charge < -0.3 is 5.32 Å². The van der Waals surface area contributed by atoms with Crippen molar-refractivity contribution in [2.24, 2.45) is 0 Å². The maximum absolute atomic E-state index is 4.43. The van der Waals surface area contributed by atoms with E-state index in [2.05, 4.69) is 53.4 Å². The van der Waals surface area contributed by atoms with Gasteiger partial charge in [0.15, 0.2) is 0 Å². The Morgan fingerprint density at radius 2 is 1.72 bits per heavy atom. The predicted molar refractivity (Wildman–Crippen MR) is 74.7 cm³/mol. The molecule has 0 aliphatic carbocycles. The monoisotopic (exact) mass is 241 g/mol. The zero-order valence-corrected chi connectivity index (χ0v) is 11.4. The van der Waals surface area contributed by atoms with Crippen LogP contribution in [0.5, 0.6) is 0 Å². The fourth-order valence-corrected chi connectivity index (χ4v) is 1.73. The van der Waals surface area contributed by atoms with Crippen LogP contribution in [0, 0.1) is 20.8 Å². The number of nitrogens with one attached hydrogen (secondary N) is 1. The topological polar surface area (TPSA) is 37.8 Å². The Morgan fingerprint density at radius 3 is 2.33 bits per heavy atom. The largest absolute Gasteiger partial charge is 0.348 e. The van der Waals surface area contributed by atoms with Crippen molar-refractivity contribution in [3.63, 3.8) is 0 Å². The number of anilines is 1. The minimum Gasteiger partial charge on any atom is -0.348 e. The average Bonchev–Trinajstić information content (AvgIpc) is 2.34.